The topological polar surface area (TPSA) is 280 Å². The number of nitrogens with zero attached hydrogens (tertiary/aromatic N) is 1. The molecule has 0 spiro atoms. The van der Waals surface area contributed by atoms with Crippen molar-refractivity contribution in [2.24, 2.45) is 5.73 Å². The van der Waals surface area contributed by atoms with Crippen molar-refractivity contribution in [1.82, 2.24) is 9.97 Å². The molecule has 1 aliphatic rings. The first kappa shape index (κ1) is 27.4. The molecule has 1 aromatic heterocycles. The van der Waals surface area contributed by atoms with Crippen LogP contribution in [0.25, 0.3) is 0 Å². The molecule has 0 aromatic carbocycles. The second kappa shape index (κ2) is 10.6. The second-order valence-corrected chi connectivity index (χ2v) is 7.85. The van der Waals surface area contributed by atoms with Gasteiger partial charge >= 0.3 is 0 Å². The largest absolute Gasteiger partial charge is 0.394 e. The minimum atomic E-state index is -3.72. The minimum absolute atomic E-state index is 0.279. The van der Waals surface area contributed by atoms with E-state index in [-0.39, 0.29) is 12.1 Å². The van der Waals surface area contributed by atoms with Gasteiger partial charge in [-0.25, -0.2) is 4.98 Å². The van der Waals surface area contributed by atoms with Crippen LogP contribution in [0, 0.1) is 0 Å². The molecule has 12 N–H and O–H groups in total. The lowest BCUT2D eigenvalue weighted by Crippen LogP contribution is -2.72. The number of imidazole rings is 1. The molecule has 1 aromatic rings. The number of aliphatic hydroxyl groups excluding tert-OH is 8. The van der Waals surface area contributed by atoms with Crippen LogP contribution in [-0.2, 0) is 20.7 Å². The van der Waals surface area contributed by atoms with Crippen LogP contribution >= 0.6 is 0 Å². The van der Waals surface area contributed by atoms with E-state index in [2.05, 4.69) is 9.97 Å². The summed E-state index contributed by atoms with van der Waals surface area (Å²) in [7, 11) is 0. The number of ketones is 2. The molecule has 0 aliphatic carbocycles. The van der Waals surface area contributed by atoms with Crippen molar-refractivity contribution in [2.45, 2.75) is 60.3 Å². The van der Waals surface area contributed by atoms with Crippen LogP contribution in [0.2, 0.25) is 0 Å². The van der Waals surface area contributed by atoms with E-state index >= 15 is 0 Å². The number of carbonyl (C=O) groups is 2. The summed E-state index contributed by atoms with van der Waals surface area (Å²) in [6.07, 6.45) is -11.1. The van der Waals surface area contributed by atoms with Crippen LogP contribution in [-0.4, -0.2) is 141 Å². The van der Waals surface area contributed by atoms with E-state index in [1.165, 1.54) is 12.5 Å². The molecule has 2 rings (SSSR count). The van der Waals surface area contributed by atoms with Gasteiger partial charge in [-0.1, -0.05) is 0 Å². The molecule has 0 saturated carbocycles. The van der Waals surface area contributed by atoms with Gasteiger partial charge in [0.2, 0.25) is 11.4 Å². The number of Topliss-reactive ketones (excluding diaryl/α,β-unsaturated/α-hetero) is 2. The van der Waals surface area contributed by atoms with E-state index in [9.17, 15) is 50.4 Å². The SMILES string of the molecule is N[C@@H](Cc1cnc[nH]1)C(=O)[C@](O)(C(=O)C1(CO)O[C@H](CO)[C@@H](O)[C@@H]1O)[C@@H](O)[C@H](O)[C@H](O)CO. The van der Waals surface area contributed by atoms with Crippen LogP contribution in [0.5, 0.6) is 0 Å². The molecule has 1 saturated heterocycles. The minimum Gasteiger partial charge on any atom is -0.394 e. The number of carbonyl (C=O) groups excluding carboxylic acids is 2. The van der Waals surface area contributed by atoms with Gasteiger partial charge in [-0.2, -0.15) is 0 Å². The number of ether oxygens (including phenoxy) is 1. The average molecular weight is 479 g/mol. The zero-order valence-corrected chi connectivity index (χ0v) is 17.3. The molecule has 0 amide bonds. The van der Waals surface area contributed by atoms with E-state index in [1.54, 1.807) is 0 Å². The summed E-state index contributed by atoms with van der Waals surface area (Å²) in [6.45, 7) is -3.52. The summed E-state index contributed by atoms with van der Waals surface area (Å²) in [5.41, 5.74) is -0.567. The molecule has 0 bridgehead atoms. The fraction of sp³-hybridized carbons (Fsp3) is 0.722. The van der Waals surface area contributed by atoms with Crippen molar-refractivity contribution in [2.75, 3.05) is 19.8 Å². The monoisotopic (exact) mass is 479 g/mol. The fourth-order valence-corrected chi connectivity index (χ4v) is 3.71. The molecule has 0 radical (unpaired) electrons. The Hall–Kier alpha value is -1.89. The summed E-state index contributed by atoms with van der Waals surface area (Å²) in [4.78, 5) is 32.9. The smallest absolute Gasteiger partial charge is 0.214 e. The maximum Gasteiger partial charge on any atom is 0.214 e. The normalized spacial score (nSPS) is 30.9. The number of hydrogen-bond donors (Lipinski definition) is 11. The highest BCUT2D eigenvalue weighted by molar-refractivity contribution is 6.16. The van der Waals surface area contributed by atoms with Crippen molar-refractivity contribution in [3.05, 3.63) is 18.2 Å². The molecule has 1 unspecified atom stereocenters. The lowest BCUT2D eigenvalue weighted by molar-refractivity contribution is -0.203. The number of nitrogens with one attached hydrogen (secondary N) is 1. The van der Waals surface area contributed by atoms with Gasteiger partial charge in [0.1, 0.15) is 36.6 Å². The molecule has 33 heavy (non-hydrogen) atoms. The van der Waals surface area contributed by atoms with Crippen LogP contribution < -0.4 is 5.73 Å². The predicted octanol–water partition coefficient (Wildman–Crippen LogP) is -6.93. The van der Waals surface area contributed by atoms with Crippen molar-refractivity contribution >= 4 is 11.6 Å². The Morgan fingerprint density at radius 1 is 1.24 bits per heavy atom. The number of aromatic amines is 1. The third kappa shape index (κ3) is 4.71. The third-order valence-corrected chi connectivity index (χ3v) is 5.73. The summed E-state index contributed by atoms with van der Waals surface area (Å²) in [5, 5.41) is 90.3. The standard InChI is InChI=1S/C18H29N3O12/c19-8(1-7-2-20-6-21-7)13(28)18(32,15(30)11(26)9(25)3-22)16(31)17(5-24)14(29)12(27)10(4-23)33-17/h2,6,8-12,14-15,22-27,29-30,32H,1,3-5,19H2,(H,20,21)/t8-,9+,10+,11+,12+,14-,15-,17?,18+/m0/s1. The number of aromatic nitrogens is 2. The van der Waals surface area contributed by atoms with Gasteiger partial charge in [0.05, 0.1) is 32.2 Å². The average Bonchev–Trinajstić information content (AvgIpc) is 3.42. The Labute approximate surface area is 186 Å². The maximum atomic E-state index is 13.4. The molecule has 1 fully saturated rings. The molecule has 9 atom stereocenters. The van der Waals surface area contributed by atoms with Gasteiger partial charge in [-0.3, -0.25) is 9.59 Å². The highest BCUT2D eigenvalue weighted by atomic mass is 16.6. The second-order valence-electron chi connectivity index (χ2n) is 7.85. The molecular formula is C18H29N3O12. The first-order chi connectivity index (χ1) is 15.4. The van der Waals surface area contributed by atoms with Gasteiger partial charge in [-0.05, 0) is 0 Å². The van der Waals surface area contributed by atoms with Crippen LogP contribution in [0.1, 0.15) is 5.69 Å². The Morgan fingerprint density at radius 2 is 1.88 bits per heavy atom. The maximum absolute atomic E-state index is 13.4. The highest BCUT2D eigenvalue weighted by Gasteiger charge is 2.67. The Balaban J connectivity index is 2.55. The summed E-state index contributed by atoms with van der Waals surface area (Å²) in [5.74, 6) is -3.51. The number of nitrogens with two attached hydrogens (primary N) is 1. The molecule has 15 nitrogen and oxygen atoms in total. The first-order valence-corrected chi connectivity index (χ1v) is 9.87. The van der Waals surface area contributed by atoms with E-state index in [1.807, 2.05) is 0 Å². The molecule has 188 valence electrons. The van der Waals surface area contributed by atoms with Crippen molar-refractivity contribution in [3.8, 4) is 0 Å². The Kier molecular flexibility index (Phi) is 8.77. The number of hydrogen-bond acceptors (Lipinski definition) is 14. The fourth-order valence-electron chi connectivity index (χ4n) is 3.71. The zero-order chi connectivity index (χ0) is 25.1. The van der Waals surface area contributed by atoms with Crippen molar-refractivity contribution in [1.29, 1.82) is 0 Å². The van der Waals surface area contributed by atoms with E-state index in [4.69, 9.17) is 15.6 Å². The molecule has 15 heteroatoms. The van der Waals surface area contributed by atoms with Crippen LogP contribution in [0.3, 0.4) is 0 Å². The predicted molar refractivity (Wildman–Crippen MR) is 104 cm³/mol. The van der Waals surface area contributed by atoms with Gasteiger partial charge < -0.3 is 61.4 Å². The molecule has 2 heterocycles. The number of rotatable bonds is 12. The summed E-state index contributed by atoms with van der Waals surface area (Å²) < 4.78 is 5.11. The Bertz CT molecular complexity index is 810. The quantitative estimate of drug-likeness (QED) is 0.124. The number of H-pyrrole nitrogens is 1. The molecular weight excluding hydrogens is 450 g/mol. The third-order valence-electron chi connectivity index (χ3n) is 5.73. The van der Waals surface area contributed by atoms with E-state index in [0.717, 1.165) is 0 Å². The van der Waals surface area contributed by atoms with Crippen molar-refractivity contribution in [3.63, 3.8) is 0 Å². The van der Waals surface area contributed by atoms with Gasteiger partial charge in [0, 0.05) is 18.3 Å². The number of aliphatic hydroxyl groups is 9. The van der Waals surface area contributed by atoms with Gasteiger partial charge in [0.15, 0.2) is 11.4 Å². The van der Waals surface area contributed by atoms with E-state index in [0.29, 0.717) is 0 Å². The van der Waals surface area contributed by atoms with Crippen molar-refractivity contribution < 1.29 is 60.3 Å². The highest BCUT2D eigenvalue weighted by Crippen LogP contribution is 2.37. The Morgan fingerprint density at radius 3 is 2.33 bits per heavy atom. The van der Waals surface area contributed by atoms with Crippen LogP contribution in [0.15, 0.2) is 12.5 Å². The summed E-state index contributed by atoms with van der Waals surface area (Å²) in [6, 6.07) is -1.74. The van der Waals surface area contributed by atoms with Gasteiger partial charge in [-0.15, -0.1) is 0 Å². The van der Waals surface area contributed by atoms with Gasteiger partial charge in [0.25, 0.3) is 0 Å². The van der Waals surface area contributed by atoms with Crippen LogP contribution in [0.4, 0.5) is 0 Å². The lowest BCUT2D eigenvalue weighted by atomic mass is 9.72. The zero-order valence-electron chi connectivity index (χ0n) is 17.3. The van der Waals surface area contributed by atoms with E-state index < -0.39 is 85.3 Å². The lowest BCUT2D eigenvalue weighted by Gasteiger charge is -2.41. The first-order valence-electron chi connectivity index (χ1n) is 9.87. The summed E-state index contributed by atoms with van der Waals surface area (Å²) >= 11 is 0. The molecule has 1 aliphatic heterocycles.